The normalized spacial score (nSPS) is 25.4. The van der Waals surface area contributed by atoms with Crippen LogP contribution in [0, 0.1) is 0 Å². The SMILES string of the molecule is O=C(Cc1ccccc1)C1(Cl)CCCO1. The van der Waals surface area contributed by atoms with Gasteiger partial charge in [0.25, 0.3) is 0 Å². The molecular weight excluding hydrogens is 212 g/mol. The van der Waals surface area contributed by atoms with Crippen molar-refractivity contribution in [2.75, 3.05) is 6.61 Å². The van der Waals surface area contributed by atoms with Crippen molar-refractivity contribution in [2.24, 2.45) is 0 Å². The molecule has 0 N–H and O–H groups in total. The maximum Gasteiger partial charge on any atom is 0.200 e. The molecule has 0 amide bonds. The fourth-order valence-electron chi connectivity index (χ4n) is 1.74. The molecule has 2 rings (SSSR count). The summed E-state index contributed by atoms with van der Waals surface area (Å²) in [5.41, 5.74) is 0.984. The second-order valence-electron chi connectivity index (χ2n) is 3.77. The topological polar surface area (TPSA) is 26.3 Å². The summed E-state index contributed by atoms with van der Waals surface area (Å²) in [5.74, 6) is -0.0344. The van der Waals surface area contributed by atoms with E-state index >= 15 is 0 Å². The van der Waals surface area contributed by atoms with Gasteiger partial charge in [0, 0.05) is 19.4 Å². The van der Waals surface area contributed by atoms with E-state index in [9.17, 15) is 4.79 Å². The van der Waals surface area contributed by atoms with Gasteiger partial charge in [-0.2, -0.15) is 0 Å². The first-order valence-corrected chi connectivity index (χ1v) is 5.49. The zero-order chi connectivity index (χ0) is 10.7. The van der Waals surface area contributed by atoms with Crippen LogP contribution in [0.2, 0.25) is 0 Å². The molecule has 1 aliphatic rings. The van der Waals surface area contributed by atoms with Gasteiger partial charge in [0.05, 0.1) is 0 Å². The highest BCUT2D eigenvalue weighted by Crippen LogP contribution is 2.31. The first-order chi connectivity index (χ1) is 7.21. The highest BCUT2D eigenvalue weighted by atomic mass is 35.5. The van der Waals surface area contributed by atoms with Gasteiger partial charge in [-0.3, -0.25) is 4.79 Å². The fraction of sp³-hybridized carbons (Fsp3) is 0.417. The molecule has 1 saturated heterocycles. The summed E-state index contributed by atoms with van der Waals surface area (Å²) in [7, 11) is 0. The Balaban J connectivity index is 2.04. The van der Waals surface area contributed by atoms with Crippen LogP contribution in [0.1, 0.15) is 18.4 Å². The minimum absolute atomic E-state index is 0.0344. The Kier molecular flexibility index (Phi) is 3.08. The number of alkyl halides is 1. The van der Waals surface area contributed by atoms with Gasteiger partial charge in [0.1, 0.15) is 0 Å². The molecule has 0 spiro atoms. The molecule has 1 aliphatic heterocycles. The number of hydrogen-bond acceptors (Lipinski definition) is 2. The highest BCUT2D eigenvalue weighted by Gasteiger charge is 2.39. The molecule has 1 fully saturated rings. The highest BCUT2D eigenvalue weighted by molar-refractivity contribution is 6.34. The smallest absolute Gasteiger partial charge is 0.200 e. The van der Waals surface area contributed by atoms with Crippen LogP contribution >= 0.6 is 11.6 Å². The molecule has 15 heavy (non-hydrogen) atoms. The molecule has 0 radical (unpaired) electrons. The van der Waals surface area contributed by atoms with Crippen LogP contribution < -0.4 is 0 Å². The lowest BCUT2D eigenvalue weighted by Gasteiger charge is -2.18. The van der Waals surface area contributed by atoms with Gasteiger partial charge in [0.15, 0.2) is 10.8 Å². The van der Waals surface area contributed by atoms with Crippen LogP contribution in [0.4, 0.5) is 0 Å². The summed E-state index contributed by atoms with van der Waals surface area (Å²) in [6.07, 6.45) is 1.84. The third-order valence-electron chi connectivity index (χ3n) is 2.60. The first kappa shape index (κ1) is 10.7. The van der Waals surface area contributed by atoms with Crippen molar-refractivity contribution in [2.45, 2.75) is 24.3 Å². The minimum atomic E-state index is -1.06. The predicted molar refractivity (Wildman–Crippen MR) is 58.9 cm³/mol. The quantitative estimate of drug-likeness (QED) is 0.738. The fourth-order valence-corrected chi connectivity index (χ4v) is 2.02. The second-order valence-corrected chi connectivity index (χ2v) is 4.38. The summed E-state index contributed by atoms with van der Waals surface area (Å²) in [6, 6.07) is 9.61. The van der Waals surface area contributed by atoms with Gasteiger partial charge in [-0.1, -0.05) is 41.9 Å². The first-order valence-electron chi connectivity index (χ1n) is 5.11. The van der Waals surface area contributed by atoms with Crippen molar-refractivity contribution in [3.8, 4) is 0 Å². The van der Waals surface area contributed by atoms with Crippen molar-refractivity contribution in [1.29, 1.82) is 0 Å². The number of halogens is 1. The Bertz CT molecular complexity index is 342. The van der Waals surface area contributed by atoms with E-state index in [2.05, 4.69) is 0 Å². The molecule has 1 heterocycles. The van der Waals surface area contributed by atoms with Gasteiger partial charge in [0.2, 0.25) is 0 Å². The van der Waals surface area contributed by atoms with Crippen LogP contribution in [0.5, 0.6) is 0 Å². The summed E-state index contributed by atoms with van der Waals surface area (Å²) >= 11 is 6.10. The Hall–Kier alpha value is -0.860. The summed E-state index contributed by atoms with van der Waals surface area (Å²) in [5, 5.41) is -1.06. The van der Waals surface area contributed by atoms with Crippen molar-refractivity contribution in [1.82, 2.24) is 0 Å². The van der Waals surface area contributed by atoms with Crippen LogP contribution in [-0.2, 0) is 16.0 Å². The van der Waals surface area contributed by atoms with Crippen molar-refractivity contribution in [3.63, 3.8) is 0 Å². The monoisotopic (exact) mass is 224 g/mol. The molecule has 1 atom stereocenters. The Morgan fingerprint density at radius 3 is 2.73 bits per heavy atom. The number of carbonyl (C=O) groups is 1. The zero-order valence-corrected chi connectivity index (χ0v) is 9.17. The number of ether oxygens (including phenoxy) is 1. The molecule has 0 aromatic heterocycles. The Labute approximate surface area is 94.2 Å². The number of ketones is 1. The Morgan fingerprint density at radius 1 is 1.40 bits per heavy atom. The van der Waals surface area contributed by atoms with Crippen molar-refractivity contribution >= 4 is 17.4 Å². The van der Waals surface area contributed by atoms with Crippen molar-refractivity contribution < 1.29 is 9.53 Å². The lowest BCUT2D eigenvalue weighted by atomic mass is 10.0. The maximum atomic E-state index is 11.9. The number of carbonyl (C=O) groups excluding carboxylic acids is 1. The van der Waals surface area contributed by atoms with E-state index in [1.165, 1.54) is 0 Å². The number of Topliss-reactive ketones (excluding diaryl/α,β-unsaturated/α-hetero) is 1. The zero-order valence-electron chi connectivity index (χ0n) is 8.41. The average molecular weight is 225 g/mol. The van der Waals surface area contributed by atoms with E-state index in [0.717, 1.165) is 12.0 Å². The molecular formula is C12H13ClO2. The van der Waals surface area contributed by atoms with Crippen LogP contribution in [-0.4, -0.2) is 17.5 Å². The van der Waals surface area contributed by atoms with E-state index in [1.54, 1.807) is 0 Å². The van der Waals surface area contributed by atoms with Crippen molar-refractivity contribution in [3.05, 3.63) is 35.9 Å². The average Bonchev–Trinajstić information content (AvgIpc) is 2.68. The van der Waals surface area contributed by atoms with E-state index in [1.807, 2.05) is 30.3 Å². The minimum Gasteiger partial charge on any atom is -0.353 e. The summed E-state index contributed by atoms with van der Waals surface area (Å²) in [6.45, 7) is 0.587. The number of benzene rings is 1. The third-order valence-corrected chi connectivity index (χ3v) is 3.11. The molecule has 0 bridgehead atoms. The lowest BCUT2D eigenvalue weighted by molar-refractivity contribution is -0.130. The van der Waals surface area contributed by atoms with Gasteiger partial charge < -0.3 is 4.74 Å². The summed E-state index contributed by atoms with van der Waals surface area (Å²) < 4.78 is 5.29. The van der Waals surface area contributed by atoms with Gasteiger partial charge in [-0.15, -0.1) is 0 Å². The molecule has 1 aromatic carbocycles. The largest absolute Gasteiger partial charge is 0.353 e. The number of rotatable bonds is 3. The molecule has 80 valence electrons. The van der Waals surface area contributed by atoms with E-state index in [4.69, 9.17) is 16.3 Å². The number of hydrogen-bond donors (Lipinski definition) is 0. The van der Waals surface area contributed by atoms with Crippen LogP contribution in [0.15, 0.2) is 30.3 Å². The molecule has 0 aliphatic carbocycles. The molecule has 0 saturated carbocycles. The third kappa shape index (κ3) is 2.39. The summed E-state index contributed by atoms with van der Waals surface area (Å²) in [4.78, 5) is 11.9. The standard InChI is InChI=1S/C12H13ClO2/c13-12(7-4-8-15-12)11(14)9-10-5-2-1-3-6-10/h1-3,5-6H,4,7-9H2. The molecule has 3 heteroatoms. The predicted octanol–water partition coefficient (Wildman–Crippen LogP) is 2.54. The van der Waals surface area contributed by atoms with E-state index < -0.39 is 5.06 Å². The Morgan fingerprint density at radius 2 is 2.13 bits per heavy atom. The molecule has 2 nitrogen and oxygen atoms in total. The second kappa shape index (κ2) is 4.33. The molecule has 1 unspecified atom stereocenters. The van der Waals surface area contributed by atoms with Gasteiger partial charge in [-0.25, -0.2) is 0 Å². The van der Waals surface area contributed by atoms with E-state index in [0.29, 0.717) is 19.4 Å². The maximum absolute atomic E-state index is 11.9. The van der Waals surface area contributed by atoms with Gasteiger partial charge in [-0.05, 0) is 12.0 Å². The van der Waals surface area contributed by atoms with Gasteiger partial charge >= 0.3 is 0 Å². The van der Waals surface area contributed by atoms with Crippen LogP contribution in [0.3, 0.4) is 0 Å². The molecule has 1 aromatic rings. The van der Waals surface area contributed by atoms with Crippen LogP contribution in [0.25, 0.3) is 0 Å². The van der Waals surface area contributed by atoms with E-state index in [-0.39, 0.29) is 5.78 Å². The lowest BCUT2D eigenvalue weighted by Crippen LogP contribution is -2.32.